The summed E-state index contributed by atoms with van der Waals surface area (Å²) in [5.41, 5.74) is 1.48. The molecule has 8 heteroatoms. The zero-order chi connectivity index (χ0) is 21.9. The number of benzene rings is 2. The van der Waals surface area contributed by atoms with Crippen molar-refractivity contribution in [1.82, 2.24) is 10.2 Å². The van der Waals surface area contributed by atoms with Crippen LogP contribution in [0.15, 0.2) is 48.5 Å². The summed E-state index contributed by atoms with van der Waals surface area (Å²) in [6.45, 7) is 3.40. The molecular weight excluding hydrogens is 384 g/mol. The van der Waals surface area contributed by atoms with E-state index in [9.17, 15) is 14.4 Å². The summed E-state index contributed by atoms with van der Waals surface area (Å²) < 4.78 is 5.56. The van der Waals surface area contributed by atoms with Crippen molar-refractivity contribution in [3.05, 3.63) is 54.1 Å². The zero-order valence-electron chi connectivity index (χ0n) is 17.6. The fraction of sp³-hybridized carbons (Fsp3) is 0.318. The van der Waals surface area contributed by atoms with Gasteiger partial charge in [-0.05, 0) is 43.7 Å². The Morgan fingerprint density at radius 1 is 1.13 bits per heavy atom. The third kappa shape index (κ3) is 4.89. The molecule has 2 aromatic carbocycles. The van der Waals surface area contributed by atoms with Crippen molar-refractivity contribution in [2.24, 2.45) is 0 Å². The van der Waals surface area contributed by atoms with Crippen LogP contribution in [0.2, 0.25) is 0 Å². The summed E-state index contributed by atoms with van der Waals surface area (Å²) in [6.07, 6.45) is 0. The summed E-state index contributed by atoms with van der Waals surface area (Å²) in [5, 5.41) is 5.42. The van der Waals surface area contributed by atoms with Gasteiger partial charge in [-0.1, -0.05) is 18.2 Å². The van der Waals surface area contributed by atoms with Crippen LogP contribution in [-0.2, 0) is 16.1 Å². The van der Waals surface area contributed by atoms with Crippen LogP contribution in [-0.4, -0.2) is 49.0 Å². The Balaban J connectivity index is 1.53. The van der Waals surface area contributed by atoms with E-state index in [0.29, 0.717) is 11.4 Å². The van der Waals surface area contributed by atoms with Crippen LogP contribution >= 0.6 is 0 Å². The molecule has 2 N–H and O–H groups in total. The van der Waals surface area contributed by atoms with Gasteiger partial charge in [0.25, 0.3) is 11.8 Å². The summed E-state index contributed by atoms with van der Waals surface area (Å²) in [6, 6.07) is 14.1. The number of nitrogens with one attached hydrogen (secondary N) is 2. The van der Waals surface area contributed by atoms with Crippen molar-refractivity contribution >= 4 is 29.2 Å². The van der Waals surface area contributed by atoms with Crippen LogP contribution in [0, 0.1) is 0 Å². The Kier molecular flexibility index (Phi) is 5.96. The first-order valence-corrected chi connectivity index (χ1v) is 9.59. The second-order valence-electron chi connectivity index (χ2n) is 7.87. The van der Waals surface area contributed by atoms with Crippen LogP contribution in [0.4, 0.5) is 16.2 Å². The Bertz CT molecular complexity index is 954. The van der Waals surface area contributed by atoms with Gasteiger partial charge in [0.15, 0.2) is 6.61 Å². The average Bonchev–Trinajstić information content (AvgIpc) is 2.89. The predicted octanol–water partition coefficient (Wildman–Crippen LogP) is 2.60. The highest BCUT2D eigenvalue weighted by atomic mass is 16.5. The quantitative estimate of drug-likeness (QED) is 0.685. The van der Waals surface area contributed by atoms with Gasteiger partial charge in [-0.15, -0.1) is 0 Å². The van der Waals surface area contributed by atoms with E-state index in [1.807, 2.05) is 37.2 Å². The Labute approximate surface area is 175 Å². The topological polar surface area (TPSA) is 91.0 Å². The minimum atomic E-state index is -0.892. The maximum absolute atomic E-state index is 12.3. The molecule has 1 saturated heterocycles. The molecule has 0 spiro atoms. The van der Waals surface area contributed by atoms with E-state index in [1.165, 1.54) is 4.90 Å². The molecule has 1 aliphatic heterocycles. The van der Waals surface area contributed by atoms with Gasteiger partial charge in [-0.2, -0.15) is 0 Å². The van der Waals surface area contributed by atoms with Crippen molar-refractivity contribution in [3.8, 4) is 5.75 Å². The number of nitrogens with zero attached hydrogens (tertiary/aromatic N) is 2. The van der Waals surface area contributed by atoms with Crippen LogP contribution in [0.25, 0.3) is 0 Å². The Hall–Kier alpha value is -3.55. The largest absolute Gasteiger partial charge is 0.484 e. The average molecular weight is 410 g/mol. The van der Waals surface area contributed by atoms with E-state index in [2.05, 4.69) is 10.6 Å². The Morgan fingerprint density at radius 2 is 1.83 bits per heavy atom. The molecule has 1 fully saturated rings. The minimum absolute atomic E-state index is 0.115. The third-order valence-corrected chi connectivity index (χ3v) is 4.73. The van der Waals surface area contributed by atoms with E-state index < -0.39 is 11.6 Å². The first-order chi connectivity index (χ1) is 14.2. The molecule has 1 heterocycles. The number of urea groups is 1. The number of carbonyl (C=O) groups excluding carboxylic acids is 3. The van der Waals surface area contributed by atoms with Gasteiger partial charge in [0.1, 0.15) is 11.3 Å². The molecule has 0 atom stereocenters. The monoisotopic (exact) mass is 410 g/mol. The number of imide groups is 1. The first kappa shape index (κ1) is 21.2. The zero-order valence-corrected chi connectivity index (χ0v) is 17.6. The lowest BCUT2D eigenvalue weighted by Crippen LogP contribution is -2.40. The van der Waals surface area contributed by atoms with Crippen molar-refractivity contribution in [2.45, 2.75) is 25.9 Å². The summed E-state index contributed by atoms with van der Waals surface area (Å²) in [7, 11) is 3.87. The number of hydrogen-bond donors (Lipinski definition) is 2. The van der Waals surface area contributed by atoms with E-state index >= 15 is 0 Å². The van der Waals surface area contributed by atoms with E-state index in [0.717, 1.165) is 11.3 Å². The van der Waals surface area contributed by atoms with Crippen molar-refractivity contribution in [2.75, 3.05) is 30.9 Å². The highest BCUT2D eigenvalue weighted by Gasteiger charge is 2.43. The predicted molar refractivity (Wildman–Crippen MR) is 114 cm³/mol. The number of amides is 4. The molecule has 8 nitrogen and oxygen atoms in total. The smallest absolute Gasteiger partial charge is 0.325 e. The van der Waals surface area contributed by atoms with Crippen LogP contribution in [0.3, 0.4) is 0 Å². The number of rotatable bonds is 7. The molecule has 0 aliphatic carbocycles. The summed E-state index contributed by atoms with van der Waals surface area (Å²) in [4.78, 5) is 39.6. The highest BCUT2D eigenvalue weighted by molar-refractivity contribution is 6.06. The number of anilines is 2. The van der Waals surface area contributed by atoms with Gasteiger partial charge < -0.3 is 20.3 Å². The molecule has 0 aromatic heterocycles. The molecule has 0 saturated carbocycles. The lowest BCUT2D eigenvalue weighted by molar-refractivity contribution is -0.130. The molecule has 1 aliphatic rings. The molecule has 3 rings (SSSR count). The maximum Gasteiger partial charge on any atom is 0.325 e. The second-order valence-corrected chi connectivity index (χ2v) is 7.87. The van der Waals surface area contributed by atoms with Gasteiger partial charge in [0, 0.05) is 31.5 Å². The lowest BCUT2D eigenvalue weighted by Gasteiger charge is -2.16. The number of carbonyl (C=O) groups is 3. The maximum atomic E-state index is 12.3. The van der Waals surface area contributed by atoms with Gasteiger partial charge in [-0.25, -0.2) is 4.79 Å². The SMILES string of the molecule is CN(C)c1cccc(OCC(=O)Nc2ccc(CN3C(=O)NC(C)(C)C3=O)cc2)c1. The van der Waals surface area contributed by atoms with Crippen molar-refractivity contribution in [3.63, 3.8) is 0 Å². The van der Waals surface area contributed by atoms with Crippen molar-refractivity contribution < 1.29 is 19.1 Å². The van der Waals surface area contributed by atoms with E-state index in [-0.39, 0.29) is 25.0 Å². The molecule has 0 unspecified atom stereocenters. The molecule has 4 amide bonds. The fourth-order valence-electron chi connectivity index (χ4n) is 3.03. The van der Waals surface area contributed by atoms with Gasteiger partial charge >= 0.3 is 6.03 Å². The normalized spacial score (nSPS) is 15.0. The minimum Gasteiger partial charge on any atom is -0.484 e. The van der Waals surface area contributed by atoms with Gasteiger partial charge in [-0.3, -0.25) is 14.5 Å². The highest BCUT2D eigenvalue weighted by Crippen LogP contribution is 2.21. The number of ether oxygens (including phenoxy) is 1. The molecule has 158 valence electrons. The van der Waals surface area contributed by atoms with Gasteiger partial charge in [0.2, 0.25) is 0 Å². The van der Waals surface area contributed by atoms with Crippen LogP contribution < -0.4 is 20.3 Å². The van der Waals surface area contributed by atoms with Crippen molar-refractivity contribution in [1.29, 1.82) is 0 Å². The molecule has 2 aromatic rings. The van der Waals surface area contributed by atoms with Crippen LogP contribution in [0.1, 0.15) is 19.4 Å². The fourth-order valence-corrected chi connectivity index (χ4v) is 3.03. The summed E-state index contributed by atoms with van der Waals surface area (Å²) >= 11 is 0. The standard InChI is InChI=1S/C22H26N4O4/c1-22(2)20(28)26(21(29)24-22)13-15-8-10-16(11-9-15)23-19(27)14-30-18-7-5-6-17(12-18)25(3)4/h5-12H,13-14H2,1-4H3,(H,23,27)(H,24,29). The molecular formula is C22H26N4O4. The van der Waals surface area contributed by atoms with Crippen LogP contribution in [0.5, 0.6) is 5.75 Å². The summed E-state index contributed by atoms with van der Waals surface area (Å²) in [5.74, 6) is 0.0670. The van der Waals surface area contributed by atoms with Gasteiger partial charge in [0.05, 0.1) is 6.54 Å². The Morgan fingerprint density at radius 3 is 2.43 bits per heavy atom. The molecule has 0 bridgehead atoms. The first-order valence-electron chi connectivity index (χ1n) is 9.59. The molecule has 0 radical (unpaired) electrons. The lowest BCUT2D eigenvalue weighted by atomic mass is 10.1. The van der Waals surface area contributed by atoms with E-state index in [4.69, 9.17) is 4.74 Å². The number of hydrogen-bond acceptors (Lipinski definition) is 5. The van der Waals surface area contributed by atoms with E-state index in [1.54, 1.807) is 44.2 Å². The third-order valence-electron chi connectivity index (χ3n) is 4.73. The second kappa shape index (κ2) is 8.44. The molecule has 30 heavy (non-hydrogen) atoms.